The number of fused-ring (bicyclic) bond motifs is 2. The summed E-state index contributed by atoms with van der Waals surface area (Å²) in [6, 6.07) is 0.578. The van der Waals surface area contributed by atoms with E-state index in [1.807, 2.05) is 25.7 Å². The molecular weight excluding hydrogens is 268 g/mol. The maximum atomic E-state index is 12.4. The largest absolute Gasteiger partial charge is 0.444 e. The van der Waals surface area contributed by atoms with Crippen molar-refractivity contribution in [3.63, 3.8) is 0 Å². The van der Waals surface area contributed by atoms with Crippen LogP contribution in [0.25, 0.3) is 0 Å². The van der Waals surface area contributed by atoms with Crippen LogP contribution in [-0.4, -0.2) is 40.6 Å². The molecule has 3 fully saturated rings. The molecule has 1 N–H and O–H groups in total. The molecule has 3 aliphatic rings. The van der Waals surface area contributed by atoms with Gasteiger partial charge in [0.15, 0.2) is 0 Å². The normalized spacial score (nSPS) is 38.8. The zero-order valence-corrected chi connectivity index (χ0v) is 13.4. The zero-order valence-electron chi connectivity index (χ0n) is 13.4. The first-order valence-corrected chi connectivity index (χ1v) is 8.02. The van der Waals surface area contributed by atoms with E-state index in [4.69, 9.17) is 4.74 Å². The zero-order chi connectivity index (χ0) is 15.4. The van der Waals surface area contributed by atoms with Gasteiger partial charge in [-0.15, -0.1) is 0 Å². The topological polar surface area (TPSA) is 58.6 Å². The molecule has 3 heterocycles. The van der Waals surface area contributed by atoms with Crippen molar-refractivity contribution in [3.05, 3.63) is 0 Å². The molecule has 0 aromatic rings. The van der Waals surface area contributed by atoms with E-state index in [-0.39, 0.29) is 35.5 Å². The van der Waals surface area contributed by atoms with E-state index in [0.717, 1.165) is 32.1 Å². The van der Waals surface area contributed by atoms with E-state index in [2.05, 4.69) is 12.2 Å². The van der Waals surface area contributed by atoms with E-state index < -0.39 is 5.60 Å². The standard InChI is InChI=1S/C16H26N2O3/c1-10-7-16(13(19)17-10)8-11-5-6-12(9-16)18(11)14(20)21-15(2,3)4/h10-12H,5-9H2,1-4H3,(H,17,19). The van der Waals surface area contributed by atoms with Crippen molar-refractivity contribution in [2.75, 3.05) is 0 Å². The Morgan fingerprint density at radius 2 is 1.81 bits per heavy atom. The summed E-state index contributed by atoms with van der Waals surface area (Å²) in [7, 11) is 0. The lowest BCUT2D eigenvalue weighted by Gasteiger charge is -2.43. The lowest BCUT2D eigenvalue weighted by Crippen LogP contribution is -2.53. The van der Waals surface area contributed by atoms with Gasteiger partial charge in [0.2, 0.25) is 5.91 Å². The van der Waals surface area contributed by atoms with Crippen LogP contribution in [0.5, 0.6) is 0 Å². The number of nitrogens with zero attached hydrogens (tertiary/aromatic N) is 1. The van der Waals surface area contributed by atoms with Gasteiger partial charge in [-0.05, 0) is 59.8 Å². The fourth-order valence-electron chi connectivity index (χ4n) is 4.42. The number of hydrogen-bond donors (Lipinski definition) is 1. The highest BCUT2D eigenvalue weighted by molar-refractivity contribution is 5.86. The number of nitrogens with one attached hydrogen (secondary N) is 1. The predicted octanol–water partition coefficient (Wildman–Crippen LogP) is 2.44. The van der Waals surface area contributed by atoms with Gasteiger partial charge in [0.1, 0.15) is 5.60 Å². The third kappa shape index (κ3) is 2.51. The Kier molecular flexibility index (Phi) is 3.22. The summed E-state index contributed by atoms with van der Waals surface area (Å²) >= 11 is 0. The van der Waals surface area contributed by atoms with Crippen LogP contribution in [0, 0.1) is 5.41 Å². The van der Waals surface area contributed by atoms with Crippen LogP contribution >= 0.6 is 0 Å². The highest BCUT2D eigenvalue weighted by Gasteiger charge is 2.56. The van der Waals surface area contributed by atoms with Crippen molar-refractivity contribution in [1.82, 2.24) is 10.2 Å². The average molecular weight is 294 g/mol. The molecule has 1 spiro atoms. The molecule has 21 heavy (non-hydrogen) atoms. The maximum absolute atomic E-state index is 12.4. The first-order valence-electron chi connectivity index (χ1n) is 8.02. The van der Waals surface area contributed by atoms with Gasteiger partial charge in [0, 0.05) is 18.1 Å². The molecule has 0 saturated carbocycles. The van der Waals surface area contributed by atoms with Crippen LogP contribution in [0.2, 0.25) is 0 Å². The van der Waals surface area contributed by atoms with Crippen molar-refractivity contribution in [2.45, 2.75) is 83.5 Å². The van der Waals surface area contributed by atoms with E-state index in [0.29, 0.717) is 0 Å². The Morgan fingerprint density at radius 1 is 1.24 bits per heavy atom. The van der Waals surface area contributed by atoms with Crippen LogP contribution < -0.4 is 5.32 Å². The summed E-state index contributed by atoms with van der Waals surface area (Å²) in [5.41, 5.74) is -0.714. The molecule has 0 aliphatic carbocycles. The molecule has 118 valence electrons. The summed E-state index contributed by atoms with van der Waals surface area (Å²) in [5.74, 6) is 0.190. The monoisotopic (exact) mass is 294 g/mol. The van der Waals surface area contributed by atoms with E-state index in [1.165, 1.54) is 0 Å². The van der Waals surface area contributed by atoms with Crippen LogP contribution in [0.3, 0.4) is 0 Å². The van der Waals surface area contributed by atoms with Crippen molar-refractivity contribution in [1.29, 1.82) is 0 Å². The van der Waals surface area contributed by atoms with E-state index in [1.54, 1.807) is 0 Å². The molecule has 3 unspecified atom stereocenters. The predicted molar refractivity (Wildman–Crippen MR) is 78.8 cm³/mol. The SMILES string of the molecule is CC1CC2(CC3CCC(C2)N3C(=O)OC(C)(C)C)C(=O)N1. The van der Waals surface area contributed by atoms with Gasteiger partial charge in [-0.2, -0.15) is 0 Å². The van der Waals surface area contributed by atoms with Gasteiger partial charge in [0.05, 0.1) is 5.41 Å². The summed E-state index contributed by atoms with van der Waals surface area (Å²) in [6.07, 6.45) is 4.26. The number of hydrogen-bond acceptors (Lipinski definition) is 3. The lowest BCUT2D eigenvalue weighted by atomic mass is 9.73. The summed E-state index contributed by atoms with van der Waals surface area (Å²) in [6.45, 7) is 7.74. The number of amides is 2. The van der Waals surface area contributed by atoms with Crippen molar-refractivity contribution in [3.8, 4) is 0 Å². The smallest absolute Gasteiger partial charge is 0.410 e. The molecule has 0 radical (unpaired) electrons. The van der Waals surface area contributed by atoms with Crippen LogP contribution in [-0.2, 0) is 9.53 Å². The molecule has 0 aromatic carbocycles. The van der Waals surface area contributed by atoms with Crippen LogP contribution in [0.4, 0.5) is 4.79 Å². The van der Waals surface area contributed by atoms with Gasteiger partial charge in [-0.3, -0.25) is 4.79 Å². The highest BCUT2D eigenvalue weighted by atomic mass is 16.6. The lowest BCUT2D eigenvalue weighted by molar-refractivity contribution is -0.131. The Morgan fingerprint density at radius 3 is 2.24 bits per heavy atom. The second kappa shape index (κ2) is 4.62. The molecule has 2 amide bonds. The van der Waals surface area contributed by atoms with Crippen molar-refractivity contribution < 1.29 is 14.3 Å². The van der Waals surface area contributed by atoms with Gasteiger partial charge >= 0.3 is 6.09 Å². The summed E-state index contributed by atoms with van der Waals surface area (Å²) < 4.78 is 5.54. The minimum absolute atomic E-state index is 0.162. The fourth-order valence-corrected chi connectivity index (χ4v) is 4.42. The molecule has 0 aromatic heterocycles. The van der Waals surface area contributed by atoms with Crippen LogP contribution in [0.1, 0.15) is 59.8 Å². The molecule has 3 rings (SSSR count). The number of rotatable bonds is 0. The third-order valence-electron chi connectivity index (χ3n) is 5.03. The molecule has 5 nitrogen and oxygen atoms in total. The van der Waals surface area contributed by atoms with Gasteiger partial charge in [-0.25, -0.2) is 4.79 Å². The first-order chi connectivity index (χ1) is 9.70. The first kappa shape index (κ1) is 14.7. The summed E-state index contributed by atoms with van der Waals surface area (Å²) in [5, 5.41) is 3.05. The van der Waals surface area contributed by atoms with Crippen molar-refractivity contribution >= 4 is 12.0 Å². The van der Waals surface area contributed by atoms with E-state index in [9.17, 15) is 9.59 Å². The maximum Gasteiger partial charge on any atom is 0.410 e. The van der Waals surface area contributed by atoms with Crippen LogP contribution in [0.15, 0.2) is 0 Å². The number of carbonyl (C=O) groups excluding carboxylic acids is 2. The second-order valence-electron chi connectivity index (χ2n) is 8.04. The fraction of sp³-hybridized carbons (Fsp3) is 0.875. The van der Waals surface area contributed by atoms with Gasteiger partial charge < -0.3 is 15.0 Å². The minimum Gasteiger partial charge on any atom is -0.444 e. The molecular formula is C16H26N2O3. The number of ether oxygens (including phenoxy) is 1. The Balaban J connectivity index is 1.76. The Hall–Kier alpha value is -1.26. The molecule has 3 atom stereocenters. The highest BCUT2D eigenvalue weighted by Crippen LogP contribution is 2.50. The van der Waals surface area contributed by atoms with Gasteiger partial charge in [0.25, 0.3) is 0 Å². The van der Waals surface area contributed by atoms with E-state index >= 15 is 0 Å². The third-order valence-corrected chi connectivity index (χ3v) is 5.03. The van der Waals surface area contributed by atoms with Crippen molar-refractivity contribution in [2.24, 2.45) is 5.41 Å². The molecule has 5 heteroatoms. The number of piperidine rings is 1. The molecule has 3 aliphatic heterocycles. The molecule has 2 bridgehead atoms. The average Bonchev–Trinajstić information content (AvgIpc) is 2.73. The Bertz CT molecular complexity index is 455. The van der Waals surface area contributed by atoms with Gasteiger partial charge in [-0.1, -0.05) is 0 Å². The Labute approximate surface area is 126 Å². The summed E-state index contributed by atoms with van der Waals surface area (Å²) in [4.78, 5) is 26.7. The molecule has 3 saturated heterocycles. The minimum atomic E-state index is -0.467. The number of carbonyl (C=O) groups is 2. The second-order valence-corrected chi connectivity index (χ2v) is 8.04. The quantitative estimate of drug-likeness (QED) is 0.746.